The van der Waals surface area contributed by atoms with Gasteiger partial charge in [-0.1, -0.05) is 54.6 Å². The molecule has 0 aliphatic heterocycles. The molecule has 3 aromatic carbocycles. The molecule has 0 radical (unpaired) electrons. The number of aromatic hydroxyl groups is 1. The van der Waals surface area contributed by atoms with E-state index in [-0.39, 0.29) is 0 Å². The quantitative estimate of drug-likeness (QED) is 0.619. The van der Waals surface area contributed by atoms with Gasteiger partial charge in [0.1, 0.15) is 5.75 Å². The molecule has 0 saturated carbocycles. The zero-order chi connectivity index (χ0) is 16.6. The maximum Gasteiger partial charge on any atom is 0.131 e. The lowest BCUT2D eigenvalue weighted by molar-refractivity contribution is 0.479. The zero-order valence-electron chi connectivity index (χ0n) is 14.1. The first kappa shape index (κ1) is 15.4. The maximum atomic E-state index is 10.8. The summed E-state index contributed by atoms with van der Waals surface area (Å²) >= 11 is 0. The molecule has 0 aliphatic carbocycles. The van der Waals surface area contributed by atoms with Crippen molar-refractivity contribution in [2.24, 2.45) is 0 Å². The monoisotopic (exact) mass is 302 g/mol. The van der Waals surface area contributed by atoms with Crippen LogP contribution in [0.1, 0.15) is 22.3 Å². The van der Waals surface area contributed by atoms with E-state index in [0.717, 1.165) is 22.3 Å². The molecule has 116 valence electrons. The summed E-state index contributed by atoms with van der Waals surface area (Å²) in [6.45, 7) is 8.40. The van der Waals surface area contributed by atoms with Crippen molar-refractivity contribution in [3.63, 3.8) is 0 Å². The first-order valence-electron chi connectivity index (χ1n) is 7.94. The molecule has 0 heterocycles. The van der Waals surface area contributed by atoms with Crippen molar-refractivity contribution in [1.82, 2.24) is 0 Å². The van der Waals surface area contributed by atoms with Gasteiger partial charge in [0.05, 0.1) is 0 Å². The van der Waals surface area contributed by atoms with Gasteiger partial charge < -0.3 is 5.11 Å². The van der Waals surface area contributed by atoms with E-state index >= 15 is 0 Å². The van der Waals surface area contributed by atoms with Crippen LogP contribution in [-0.2, 0) is 0 Å². The fraction of sp³-hybridized carbons (Fsp3) is 0.182. The second kappa shape index (κ2) is 5.92. The lowest BCUT2D eigenvalue weighted by Crippen LogP contribution is -1.88. The van der Waals surface area contributed by atoms with E-state index in [9.17, 15) is 5.11 Å². The van der Waals surface area contributed by atoms with Gasteiger partial charge in [-0.2, -0.15) is 0 Å². The minimum atomic E-state index is 0.346. The molecule has 1 heteroatoms. The molecule has 0 unspecified atom stereocenters. The number of hydrogen-bond acceptors (Lipinski definition) is 1. The minimum absolute atomic E-state index is 0.346. The van der Waals surface area contributed by atoms with E-state index < -0.39 is 0 Å². The lowest BCUT2D eigenvalue weighted by atomic mass is 9.94. The number of phenols is 1. The van der Waals surface area contributed by atoms with Crippen LogP contribution in [0.3, 0.4) is 0 Å². The number of para-hydroxylation sites is 1. The van der Waals surface area contributed by atoms with E-state index in [2.05, 4.69) is 64.1 Å². The topological polar surface area (TPSA) is 20.2 Å². The molecule has 23 heavy (non-hydrogen) atoms. The van der Waals surface area contributed by atoms with Gasteiger partial charge in [-0.15, -0.1) is 0 Å². The van der Waals surface area contributed by atoms with Crippen LogP contribution in [0, 0.1) is 27.7 Å². The van der Waals surface area contributed by atoms with Gasteiger partial charge in [0, 0.05) is 11.1 Å². The zero-order valence-corrected chi connectivity index (χ0v) is 14.1. The summed E-state index contributed by atoms with van der Waals surface area (Å²) in [6, 6.07) is 18.6. The van der Waals surface area contributed by atoms with Crippen molar-refractivity contribution in [1.29, 1.82) is 0 Å². The third kappa shape index (κ3) is 2.87. The average Bonchev–Trinajstić information content (AvgIpc) is 2.53. The van der Waals surface area contributed by atoms with Gasteiger partial charge in [0.15, 0.2) is 0 Å². The van der Waals surface area contributed by atoms with Crippen LogP contribution in [0.25, 0.3) is 22.3 Å². The number of benzene rings is 3. The second-order valence-electron chi connectivity index (χ2n) is 6.30. The fourth-order valence-corrected chi connectivity index (χ4v) is 2.83. The highest BCUT2D eigenvalue weighted by atomic mass is 16.3. The number of phenolic OH excluding ortho intramolecular Hbond substituents is 1. The Morgan fingerprint density at radius 1 is 0.565 bits per heavy atom. The molecule has 3 aromatic rings. The van der Waals surface area contributed by atoms with Gasteiger partial charge in [-0.3, -0.25) is 0 Å². The first-order chi connectivity index (χ1) is 11.0. The van der Waals surface area contributed by atoms with Crippen molar-refractivity contribution < 1.29 is 5.11 Å². The van der Waals surface area contributed by atoms with Gasteiger partial charge in [-0.05, 0) is 61.1 Å². The molecule has 0 aliphatic rings. The molecular formula is C22H22O. The van der Waals surface area contributed by atoms with Gasteiger partial charge in [-0.25, -0.2) is 0 Å². The smallest absolute Gasteiger partial charge is 0.131 e. The van der Waals surface area contributed by atoms with Crippen LogP contribution in [0.4, 0.5) is 0 Å². The summed E-state index contributed by atoms with van der Waals surface area (Å²) in [4.78, 5) is 0. The highest BCUT2D eigenvalue weighted by Gasteiger charge is 2.11. The lowest BCUT2D eigenvalue weighted by Gasteiger charge is -2.13. The van der Waals surface area contributed by atoms with E-state index in [1.807, 2.05) is 18.2 Å². The highest BCUT2D eigenvalue weighted by molar-refractivity contribution is 5.82. The van der Waals surface area contributed by atoms with Crippen LogP contribution in [0.5, 0.6) is 5.75 Å². The van der Waals surface area contributed by atoms with E-state index in [1.165, 1.54) is 22.3 Å². The average molecular weight is 302 g/mol. The SMILES string of the molecule is Cc1ccc(-c2cccc(-c3ccc(C)c(C)c3)c2O)cc1C. The summed E-state index contributed by atoms with van der Waals surface area (Å²) in [5.41, 5.74) is 8.86. The summed E-state index contributed by atoms with van der Waals surface area (Å²) in [6.07, 6.45) is 0. The summed E-state index contributed by atoms with van der Waals surface area (Å²) in [7, 11) is 0. The van der Waals surface area contributed by atoms with Crippen molar-refractivity contribution in [2.45, 2.75) is 27.7 Å². The standard InChI is InChI=1S/C22H22O/c1-14-8-10-18(12-16(14)3)20-6-5-7-21(22(20)23)19-11-9-15(2)17(4)13-19/h5-13,23H,1-4H3. The predicted molar refractivity (Wildman–Crippen MR) is 97.9 cm³/mol. The number of aryl methyl sites for hydroxylation is 4. The predicted octanol–water partition coefficient (Wildman–Crippen LogP) is 5.96. The summed E-state index contributed by atoms with van der Waals surface area (Å²) < 4.78 is 0. The van der Waals surface area contributed by atoms with Gasteiger partial charge in [0.25, 0.3) is 0 Å². The molecule has 1 N–H and O–H groups in total. The third-order valence-electron chi connectivity index (χ3n) is 4.67. The Morgan fingerprint density at radius 2 is 1.00 bits per heavy atom. The number of hydrogen-bond donors (Lipinski definition) is 1. The number of rotatable bonds is 2. The molecular weight excluding hydrogens is 280 g/mol. The molecule has 1 nitrogen and oxygen atoms in total. The van der Waals surface area contributed by atoms with Crippen LogP contribution < -0.4 is 0 Å². The van der Waals surface area contributed by atoms with Crippen LogP contribution >= 0.6 is 0 Å². The summed E-state index contributed by atoms with van der Waals surface area (Å²) in [5.74, 6) is 0.346. The van der Waals surface area contributed by atoms with Gasteiger partial charge >= 0.3 is 0 Å². The van der Waals surface area contributed by atoms with E-state index in [4.69, 9.17) is 0 Å². The fourth-order valence-electron chi connectivity index (χ4n) is 2.83. The molecule has 0 fully saturated rings. The first-order valence-corrected chi connectivity index (χ1v) is 7.94. The van der Waals surface area contributed by atoms with Crippen molar-refractivity contribution in [3.05, 3.63) is 76.9 Å². The Kier molecular flexibility index (Phi) is 3.96. The summed E-state index contributed by atoms with van der Waals surface area (Å²) in [5, 5.41) is 10.8. The Morgan fingerprint density at radius 3 is 1.39 bits per heavy atom. The van der Waals surface area contributed by atoms with Crippen molar-refractivity contribution in [2.75, 3.05) is 0 Å². The third-order valence-corrected chi connectivity index (χ3v) is 4.67. The Balaban J connectivity index is 2.14. The molecule has 0 saturated heterocycles. The normalized spacial score (nSPS) is 10.8. The Bertz CT molecular complexity index is 805. The van der Waals surface area contributed by atoms with Crippen LogP contribution in [-0.4, -0.2) is 5.11 Å². The maximum absolute atomic E-state index is 10.8. The minimum Gasteiger partial charge on any atom is -0.507 e. The van der Waals surface area contributed by atoms with E-state index in [1.54, 1.807) is 0 Å². The molecule has 0 aromatic heterocycles. The van der Waals surface area contributed by atoms with Crippen molar-refractivity contribution >= 4 is 0 Å². The molecule has 0 atom stereocenters. The Labute approximate surface area is 138 Å². The van der Waals surface area contributed by atoms with Crippen molar-refractivity contribution in [3.8, 4) is 28.0 Å². The molecule has 0 spiro atoms. The van der Waals surface area contributed by atoms with Crippen LogP contribution in [0.15, 0.2) is 54.6 Å². The Hall–Kier alpha value is -2.54. The molecule has 0 bridgehead atoms. The van der Waals surface area contributed by atoms with Crippen LogP contribution in [0.2, 0.25) is 0 Å². The second-order valence-corrected chi connectivity index (χ2v) is 6.30. The van der Waals surface area contributed by atoms with Gasteiger partial charge in [0.2, 0.25) is 0 Å². The molecule has 0 amide bonds. The van der Waals surface area contributed by atoms with E-state index in [0.29, 0.717) is 5.75 Å². The highest BCUT2D eigenvalue weighted by Crippen LogP contribution is 2.38. The largest absolute Gasteiger partial charge is 0.507 e. The molecule has 3 rings (SSSR count).